The summed E-state index contributed by atoms with van der Waals surface area (Å²) in [5.74, 6) is -3.16. The molecule has 24 heavy (non-hydrogen) atoms. The second kappa shape index (κ2) is 6.94. The molecule has 1 heterocycles. The predicted molar refractivity (Wildman–Crippen MR) is 79.8 cm³/mol. The van der Waals surface area contributed by atoms with Crippen molar-refractivity contribution in [1.29, 1.82) is 0 Å². The zero-order valence-electron chi connectivity index (χ0n) is 13.4. The van der Waals surface area contributed by atoms with Crippen LogP contribution in [-0.2, 0) is 19.9 Å². The van der Waals surface area contributed by atoms with Gasteiger partial charge in [-0.15, -0.1) is 0 Å². The van der Waals surface area contributed by atoms with E-state index in [1.807, 2.05) is 6.92 Å². The number of rotatable bonds is 6. The van der Waals surface area contributed by atoms with Gasteiger partial charge in [0.1, 0.15) is 23.7 Å². The molecule has 1 unspecified atom stereocenters. The van der Waals surface area contributed by atoms with Gasteiger partial charge in [0.05, 0.1) is 6.61 Å². The van der Waals surface area contributed by atoms with Crippen molar-refractivity contribution in [2.75, 3.05) is 13.2 Å². The minimum absolute atomic E-state index is 0.189. The van der Waals surface area contributed by atoms with Gasteiger partial charge in [0, 0.05) is 5.56 Å². The molecule has 2 rings (SSSR count). The lowest BCUT2D eigenvalue weighted by molar-refractivity contribution is -0.147. The third-order valence-corrected chi connectivity index (χ3v) is 3.79. The first kappa shape index (κ1) is 17.8. The Hall–Kier alpha value is -2.51. The minimum atomic E-state index is -1.78. The maximum absolute atomic E-state index is 14.0. The van der Waals surface area contributed by atoms with Crippen LogP contribution < -0.4 is 5.32 Å². The highest BCUT2D eigenvalue weighted by molar-refractivity contribution is 6.08. The van der Waals surface area contributed by atoms with E-state index in [2.05, 4.69) is 5.32 Å². The van der Waals surface area contributed by atoms with Crippen molar-refractivity contribution in [2.45, 2.75) is 32.2 Å². The third kappa shape index (κ3) is 3.37. The second-order valence-electron chi connectivity index (χ2n) is 5.64. The standard InChI is InChI=1S/C16H18F2N2O4/c1-3-4-7-24-13(21)9-20-14(22)16(2,19-15(20)23)11-8-10(17)5-6-12(11)18/h5-6,8H,3-4,7,9H2,1-2H3,(H,19,23). The fourth-order valence-electron chi connectivity index (χ4n) is 2.41. The summed E-state index contributed by atoms with van der Waals surface area (Å²) in [6, 6.07) is 1.76. The smallest absolute Gasteiger partial charge is 0.326 e. The SMILES string of the molecule is CCCCOC(=O)CN1C(=O)NC(C)(c2cc(F)ccc2F)C1=O. The molecule has 0 aliphatic carbocycles. The number of carbonyl (C=O) groups excluding carboxylic acids is 3. The molecule has 1 aromatic rings. The number of ether oxygens (including phenoxy) is 1. The van der Waals surface area contributed by atoms with Crippen LogP contribution in [0.4, 0.5) is 13.6 Å². The first-order valence-electron chi connectivity index (χ1n) is 7.55. The number of hydrogen-bond donors (Lipinski definition) is 1. The van der Waals surface area contributed by atoms with Crippen molar-refractivity contribution in [3.8, 4) is 0 Å². The zero-order chi connectivity index (χ0) is 17.9. The van der Waals surface area contributed by atoms with Crippen molar-refractivity contribution in [3.05, 3.63) is 35.4 Å². The summed E-state index contributed by atoms with van der Waals surface area (Å²) >= 11 is 0. The summed E-state index contributed by atoms with van der Waals surface area (Å²) in [5, 5.41) is 2.31. The Kier molecular flexibility index (Phi) is 5.16. The average molecular weight is 340 g/mol. The molecule has 0 radical (unpaired) electrons. The number of amides is 3. The Morgan fingerprint density at radius 1 is 1.33 bits per heavy atom. The van der Waals surface area contributed by atoms with Crippen molar-refractivity contribution >= 4 is 17.9 Å². The Labute approximate surface area is 137 Å². The van der Waals surface area contributed by atoms with Crippen LogP contribution in [0.15, 0.2) is 18.2 Å². The van der Waals surface area contributed by atoms with Crippen LogP contribution in [0.5, 0.6) is 0 Å². The van der Waals surface area contributed by atoms with E-state index in [0.717, 1.165) is 24.6 Å². The number of halogens is 2. The number of benzene rings is 1. The van der Waals surface area contributed by atoms with E-state index < -0.39 is 41.6 Å². The molecule has 1 fully saturated rings. The average Bonchev–Trinajstić information content (AvgIpc) is 2.74. The quantitative estimate of drug-likeness (QED) is 0.489. The predicted octanol–water partition coefficient (Wildman–Crippen LogP) is 2.08. The van der Waals surface area contributed by atoms with Crippen molar-refractivity contribution in [3.63, 3.8) is 0 Å². The number of hydrogen-bond acceptors (Lipinski definition) is 4. The van der Waals surface area contributed by atoms with Gasteiger partial charge in [0.25, 0.3) is 5.91 Å². The highest BCUT2D eigenvalue weighted by atomic mass is 19.1. The molecule has 130 valence electrons. The lowest BCUT2D eigenvalue weighted by Crippen LogP contribution is -2.42. The fourth-order valence-corrected chi connectivity index (χ4v) is 2.41. The zero-order valence-corrected chi connectivity index (χ0v) is 13.4. The normalized spacial score (nSPS) is 20.2. The molecule has 1 saturated heterocycles. The van der Waals surface area contributed by atoms with Gasteiger partial charge in [0.15, 0.2) is 0 Å². The molecule has 3 amide bonds. The van der Waals surface area contributed by atoms with Crippen LogP contribution in [-0.4, -0.2) is 36.0 Å². The van der Waals surface area contributed by atoms with E-state index in [9.17, 15) is 23.2 Å². The lowest BCUT2D eigenvalue weighted by Gasteiger charge is -2.22. The summed E-state index contributed by atoms with van der Waals surface area (Å²) in [5.41, 5.74) is -2.09. The van der Waals surface area contributed by atoms with Crippen LogP contribution in [0, 0.1) is 11.6 Å². The largest absolute Gasteiger partial charge is 0.464 e. The molecule has 8 heteroatoms. The van der Waals surface area contributed by atoms with Gasteiger partial charge in [0.2, 0.25) is 0 Å². The number of esters is 1. The van der Waals surface area contributed by atoms with Gasteiger partial charge in [-0.3, -0.25) is 14.5 Å². The van der Waals surface area contributed by atoms with Crippen LogP contribution in [0.3, 0.4) is 0 Å². The van der Waals surface area contributed by atoms with E-state index in [-0.39, 0.29) is 12.2 Å². The van der Waals surface area contributed by atoms with Gasteiger partial charge in [-0.1, -0.05) is 13.3 Å². The Morgan fingerprint density at radius 3 is 2.71 bits per heavy atom. The summed E-state index contributed by atoms with van der Waals surface area (Å²) in [6.07, 6.45) is 1.49. The van der Waals surface area contributed by atoms with Crippen LogP contribution in [0.2, 0.25) is 0 Å². The van der Waals surface area contributed by atoms with E-state index in [4.69, 9.17) is 4.74 Å². The number of carbonyl (C=O) groups is 3. The highest BCUT2D eigenvalue weighted by Crippen LogP contribution is 2.31. The lowest BCUT2D eigenvalue weighted by atomic mass is 9.91. The Morgan fingerprint density at radius 2 is 2.04 bits per heavy atom. The van der Waals surface area contributed by atoms with Gasteiger partial charge < -0.3 is 10.1 Å². The maximum Gasteiger partial charge on any atom is 0.326 e. The van der Waals surface area contributed by atoms with E-state index in [1.165, 1.54) is 6.92 Å². The molecule has 0 bridgehead atoms. The summed E-state index contributed by atoms with van der Waals surface area (Å²) in [6.45, 7) is 2.79. The summed E-state index contributed by atoms with van der Waals surface area (Å²) in [4.78, 5) is 36.9. The van der Waals surface area contributed by atoms with Crippen molar-refractivity contribution < 1.29 is 27.9 Å². The van der Waals surface area contributed by atoms with E-state index >= 15 is 0 Å². The van der Waals surface area contributed by atoms with Gasteiger partial charge >= 0.3 is 12.0 Å². The second-order valence-corrected chi connectivity index (χ2v) is 5.64. The monoisotopic (exact) mass is 340 g/mol. The summed E-state index contributed by atoms with van der Waals surface area (Å²) in [7, 11) is 0. The number of nitrogens with zero attached hydrogens (tertiary/aromatic N) is 1. The molecular weight excluding hydrogens is 322 g/mol. The number of urea groups is 1. The Balaban J connectivity index is 2.18. The highest BCUT2D eigenvalue weighted by Gasteiger charge is 2.51. The number of nitrogens with one attached hydrogen (secondary N) is 1. The molecule has 0 aromatic heterocycles. The molecule has 1 atom stereocenters. The first-order valence-corrected chi connectivity index (χ1v) is 7.55. The topological polar surface area (TPSA) is 75.7 Å². The maximum atomic E-state index is 14.0. The number of unbranched alkanes of at least 4 members (excludes halogenated alkanes) is 1. The van der Waals surface area contributed by atoms with Crippen LogP contribution in [0.1, 0.15) is 32.3 Å². The fraction of sp³-hybridized carbons (Fsp3) is 0.438. The molecule has 1 aliphatic heterocycles. The first-order chi connectivity index (χ1) is 11.3. The van der Waals surface area contributed by atoms with E-state index in [0.29, 0.717) is 11.3 Å². The minimum Gasteiger partial charge on any atom is -0.464 e. The molecule has 0 spiro atoms. The third-order valence-electron chi connectivity index (χ3n) is 3.79. The van der Waals surface area contributed by atoms with Crippen molar-refractivity contribution in [1.82, 2.24) is 10.2 Å². The molecule has 0 saturated carbocycles. The molecular formula is C16H18F2N2O4. The van der Waals surface area contributed by atoms with E-state index in [1.54, 1.807) is 0 Å². The number of imide groups is 1. The molecule has 1 aliphatic rings. The van der Waals surface area contributed by atoms with Crippen LogP contribution >= 0.6 is 0 Å². The molecule has 6 nitrogen and oxygen atoms in total. The molecule has 1 N–H and O–H groups in total. The van der Waals surface area contributed by atoms with Gasteiger partial charge in [-0.05, 0) is 31.5 Å². The Bertz CT molecular complexity index is 680. The summed E-state index contributed by atoms with van der Waals surface area (Å²) < 4.78 is 32.3. The van der Waals surface area contributed by atoms with Crippen molar-refractivity contribution in [2.24, 2.45) is 0 Å². The molecule has 1 aromatic carbocycles. The van der Waals surface area contributed by atoms with Crippen LogP contribution in [0.25, 0.3) is 0 Å². The van der Waals surface area contributed by atoms with Gasteiger partial charge in [-0.25, -0.2) is 13.6 Å². The van der Waals surface area contributed by atoms with Gasteiger partial charge in [-0.2, -0.15) is 0 Å².